The molecule has 0 aromatic carbocycles. The van der Waals surface area contributed by atoms with Crippen LogP contribution in [0.4, 0.5) is 0 Å². The molecular weight excluding hydrogens is 184 g/mol. The van der Waals surface area contributed by atoms with Crippen molar-refractivity contribution in [2.24, 2.45) is 0 Å². The summed E-state index contributed by atoms with van der Waals surface area (Å²) in [5, 5.41) is 0. The minimum Gasteiger partial charge on any atom is -0.495 e. The Morgan fingerprint density at radius 2 is 1.53 bits per heavy atom. The first-order valence-electron chi connectivity index (χ1n) is 6.74. The highest BCUT2D eigenvalue weighted by molar-refractivity contribution is 5.12. The van der Waals surface area contributed by atoms with Crippen molar-refractivity contribution in [3.8, 4) is 0 Å². The molecule has 1 aliphatic carbocycles. The van der Waals surface area contributed by atoms with Crippen LogP contribution >= 0.6 is 0 Å². The zero-order chi connectivity index (χ0) is 10.5. The second-order valence-electron chi connectivity index (χ2n) is 5.12. The van der Waals surface area contributed by atoms with Gasteiger partial charge in [-0.3, -0.25) is 0 Å². The summed E-state index contributed by atoms with van der Waals surface area (Å²) in [5.74, 6) is 1.37. The predicted octanol–water partition coefficient (Wildman–Crippen LogP) is 4.57. The fourth-order valence-corrected chi connectivity index (χ4v) is 2.73. The zero-order valence-electron chi connectivity index (χ0n) is 10.1. The van der Waals surface area contributed by atoms with Gasteiger partial charge in [0.25, 0.3) is 0 Å². The van der Waals surface area contributed by atoms with Crippen molar-refractivity contribution in [1.29, 1.82) is 0 Å². The minimum atomic E-state index is 0.465. The van der Waals surface area contributed by atoms with Crippen LogP contribution in [-0.4, -0.2) is 6.10 Å². The number of rotatable bonds is 0. The van der Waals surface area contributed by atoms with Gasteiger partial charge in [-0.2, -0.15) is 0 Å². The maximum Gasteiger partial charge on any atom is 0.0957 e. The van der Waals surface area contributed by atoms with Crippen molar-refractivity contribution in [2.45, 2.75) is 77.2 Å². The van der Waals surface area contributed by atoms with Gasteiger partial charge in [-0.05, 0) is 44.6 Å². The van der Waals surface area contributed by atoms with E-state index in [1.54, 1.807) is 5.57 Å². The van der Waals surface area contributed by atoms with E-state index in [-0.39, 0.29) is 0 Å². The molecule has 0 radical (unpaired) electrons. The Hall–Kier alpha value is -0.460. The number of hydrogen-bond acceptors (Lipinski definition) is 1. The Morgan fingerprint density at radius 1 is 0.867 bits per heavy atom. The quantitative estimate of drug-likeness (QED) is 0.566. The van der Waals surface area contributed by atoms with Crippen LogP contribution in [0, 0.1) is 0 Å². The van der Waals surface area contributed by atoms with E-state index in [1.807, 2.05) is 0 Å². The Balaban J connectivity index is 2.00. The highest BCUT2D eigenvalue weighted by Gasteiger charge is 2.18. The standard InChI is InChI=1S/C14H24O/c1-12-10-11-13-8-6-4-2-3-5-7-9-14(13)15-12/h12H,2-11H2,1H3/t12-/m1/s1. The normalized spacial score (nSPS) is 29.3. The van der Waals surface area contributed by atoms with Crippen LogP contribution in [0.5, 0.6) is 0 Å². The molecule has 0 saturated heterocycles. The van der Waals surface area contributed by atoms with Gasteiger partial charge in [-0.25, -0.2) is 0 Å². The lowest BCUT2D eigenvalue weighted by molar-refractivity contribution is 0.0957. The first-order chi connectivity index (χ1) is 7.36. The SMILES string of the molecule is C[C@@H]1CCC2=C(CCCCCCCC2)O1. The predicted molar refractivity (Wildman–Crippen MR) is 63.7 cm³/mol. The number of allylic oxidation sites excluding steroid dienone is 2. The summed E-state index contributed by atoms with van der Waals surface area (Å²) < 4.78 is 6.00. The van der Waals surface area contributed by atoms with Gasteiger partial charge in [0.2, 0.25) is 0 Å². The smallest absolute Gasteiger partial charge is 0.0957 e. The monoisotopic (exact) mass is 208 g/mol. The average molecular weight is 208 g/mol. The summed E-state index contributed by atoms with van der Waals surface area (Å²) in [7, 11) is 0. The van der Waals surface area contributed by atoms with Gasteiger partial charge in [-0.15, -0.1) is 0 Å². The van der Waals surface area contributed by atoms with Gasteiger partial charge in [0, 0.05) is 6.42 Å². The number of ether oxygens (including phenoxy) is 1. The summed E-state index contributed by atoms with van der Waals surface area (Å²) in [6.07, 6.45) is 13.9. The number of hydrogen-bond donors (Lipinski definition) is 0. The third-order valence-corrected chi connectivity index (χ3v) is 3.72. The highest BCUT2D eigenvalue weighted by atomic mass is 16.5. The Bertz CT molecular complexity index is 229. The first kappa shape index (κ1) is 11.0. The molecule has 0 unspecified atom stereocenters. The van der Waals surface area contributed by atoms with E-state index in [0.29, 0.717) is 6.10 Å². The summed E-state index contributed by atoms with van der Waals surface area (Å²) >= 11 is 0. The molecule has 0 fully saturated rings. The van der Waals surface area contributed by atoms with Crippen molar-refractivity contribution in [1.82, 2.24) is 0 Å². The first-order valence-corrected chi connectivity index (χ1v) is 6.74. The van der Waals surface area contributed by atoms with E-state index in [9.17, 15) is 0 Å². The average Bonchev–Trinajstić information content (AvgIpc) is 2.25. The molecule has 15 heavy (non-hydrogen) atoms. The lowest BCUT2D eigenvalue weighted by Crippen LogP contribution is -2.16. The Kier molecular flexibility index (Phi) is 4.10. The van der Waals surface area contributed by atoms with Gasteiger partial charge in [-0.1, -0.05) is 25.7 Å². The fraction of sp³-hybridized carbons (Fsp3) is 0.857. The second-order valence-corrected chi connectivity index (χ2v) is 5.12. The molecule has 1 heteroatoms. The third-order valence-electron chi connectivity index (χ3n) is 3.72. The maximum atomic E-state index is 6.00. The molecule has 0 bridgehead atoms. The second kappa shape index (κ2) is 5.58. The minimum absolute atomic E-state index is 0.465. The molecule has 86 valence electrons. The van der Waals surface area contributed by atoms with Gasteiger partial charge in [0.1, 0.15) is 0 Å². The fourth-order valence-electron chi connectivity index (χ4n) is 2.73. The van der Waals surface area contributed by atoms with Gasteiger partial charge >= 0.3 is 0 Å². The topological polar surface area (TPSA) is 9.23 Å². The largest absolute Gasteiger partial charge is 0.495 e. The van der Waals surface area contributed by atoms with Crippen molar-refractivity contribution >= 4 is 0 Å². The van der Waals surface area contributed by atoms with Crippen LogP contribution in [0.25, 0.3) is 0 Å². The van der Waals surface area contributed by atoms with Crippen LogP contribution < -0.4 is 0 Å². The van der Waals surface area contributed by atoms with E-state index in [0.717, 1.165) is 0 Å². The van der Waals surface area contributed by atoms with E-state index < -0.39 is 0 Å². The maximum absolute atomic E-state index is 6.00. The zero-order valence-corrected chi connectivity index (χ0v) is 10.1. The van der Waals surface area contributed by atoms with E-state index in [4.69, 9.17) is 4.74 Å². The molecule has 1 heterocycles. The molecule has 2 rings (SSSR count). The van der Waals surface area contributed by atoms with Gasteiger partial charge in [0.05, 0.1) is 11.9 Å². The molecule has 2 aliphatic rings. The lowest BCUT2D eigenvalue weighted by Gasteiger charge is -2.27. The van der Waals surface area contributed by atoms with Crippen LogP contribution in [0.3, 0.4) is 0 Å². The molecule has 1 nitrogen and oxygen atoms in total. The van der Waals surface area contributed by atoms with Crippen molar-refractivity contribution in [3.63, 3.8) is 0 Å². The van der Waals surface area contributed by atoms with Crippen LogP contribution in [-0.2, 0) is 4.74 Å². The van der Waals surface area contributed by atoms with Crippen molar-refractivity contribution < 1.29 is 4.74 Å². The summed E-state index contributed by atoms with van der Waals surface area (Å²) in [6.45, 7) is 2.21. The summed E-state index contributed by atoms with van der Waals surface area (Å²) in [5.41, 5.74) is 1.65. The van der Waals surface area contributed by atoms with E-state index in [1.165, 1.54) is 70.0 Å². The van der Waals surface area contributed by atoms with Crippen LogP contribution in [0.15, 0.2) is 11.3 Å². The highest BCUT2D eigenvalue weighted by Crippen LogP contribution is 2.31. The molecule has 1 atom stereocenters. The molecule has 0 saturated carbocycles. The summed E-state index contributed by atoms with van der Waals surface area (Å²) in [4.78, 5) is 0. The summed E-state index contributed by atoms with van der Waals surface area (Å²) in [6, 6.07) is 0. The van der Waals surface area contributed by atoms with Crippen LogP contribution in [0.1, 0.15) is 71.1 Å². The molecule has 0 spiro atoms. The van der Waals surface area contributed by atoms with E-state index >= 15 is 0 Å². The molecule has 0 amide bonds. The molecule has 0 aromatic heterocycles. The Morgan fingerprint density at radius 3 is 2.33 bits per heavy atom. The van der Waals surface area contributed by atoms with Crippen LogP contribution in [0.2, 0.25) is 0 Å². The van der Waals surface area contributed by atoms with Crippen molar-refractivity contribution in [2.75, 3.05) is 0 Å². The van der Waals surface area contributed by atoms with Crippen molar-refractivity contribution in [3.05, 3.63) is 11.3 Å². The molecular formula is C14H24O. The third kappa shape index (κ3) is 3.25. The molecule has 0 aromatic rings. The van der Waals surface area contributed by atoms with E-state index in [2.05, 4.69) is 6.92 Å². The van der Waals surface area contributed by atoms with Gasteiger partial charge < -0.3 is 4.74 Å². The molecule has 0 N–H and O–H groups in total. The molecule has 1 aliphatic heterocycles. The van der Waals surface area contributed by atoms with Gasteiger partial charge in [0.15, 0.2) is 0 Å². The lowest BCUT2D eigenvalue weighted by atomic mass is 9.93. The Labute approximate surface area is 93.9 Å².